The molecule has 0 atom stereocenters. The normalized spacial score (nSPS) is 14.2. The summed E-state index contributed by atoms with van der Waals surface area (Å²) in [6, 6.07) is 22.4. The Kier molecular flexibility index (Phi) is 6.16. The van der Waals surface area contributed by atoms with Crippen molar-refractivity contribution in [2.45, 2.75) is 39.3 Å². The molecule has 0 aliphatic carbocycles. The number of ether oxygens (including phenoxy) is 1. The van der Waals surface area contributed by atoms with E-state index in [9.17, 15) is 5.11 Å². The van der Waals surface area contributed by atoms with E-state index in [-0.39, 0.29) is 5.75 Å². The van der Waals surface area contributed by atoms with E-state index in [4.69, 9.17) is 4.74 Å². The molecule has 3 aromatic carbocycles. The fraction of sp³-hybridized carbons (Fsp3) is 0.308. The van der Waals surface area contributed by atoms with Crippen LogP contribution < -0.4 is 4.74 Å². The average molecular weight is 388 g/mol. The fourth-order valence-corrected chi connectivity index (χ4v) is 3.97. The summed E-state index contributed by atoms with van der Waals surface area (Å²) in [5, 5.41) is 10.5. The standard InChI is InChI=1S/C26H29NO2/c1-20-15-22(9-10-24(20)18-27-13-5-6-14-27)16-23-11-12-25(17-26(23)28)29-19-21-7-3-2-4-8-21/h2-4,7-12,15,17,28H,5-6,13-14,16,18-19H2,1H3. The van der Waals surface area contributed by atoms with Gasteiger partial charge in [-0.25, -0.2) is 0 Å². The van der Waals surface area contributed by atoms with Crippen molar-refractivity contribution in [3.63, 3.8) is 0 Å². The molecule has 1 heterocycles. The number of benzene rings is 3. The van der Waals surface area contributed by atoms with Gasteiger partial charge in [-0.1, -0.05) is 54.6 Å². The third kappa shape index (κ3) is 5.18. The van der Waals surface area contributed by atoms with Crippen LogP contribution in [0.3, 0.4) is 0 Å². The Balaban J connectivity index is 1.39. The van der Waals surface area contributed by atoms with Gasteiger partial charge in [-0.3, -0.25) is 4.90 Å². The Morgan fingerprint density at radius 1 is 0.862 bits per heavy atom. The van der Waals surface area contributed by atoms with Gasteiger partial charge in [-0.15, -0.1) is 0 Å². The monoisotopic (exact) mass is 387 g/mol. The summed E-state index contributed by atoms with van der Waals surface area (Å²) in [7, 11) is 0. The number of aryl methyl sites for hydroxylation is 1. The minimum Gasteiger partial charge on any atom is -0.508 e. The number of hydrogen-bond donors (Lipinski definition) is 1. The molecule has 150 valence electrons. The Morgan fingerprint density at radius 2 is 1.62 bits per heavy atom. The van der Waals surface area contributed by atoms with Crippen LogP contribution in [-0.4, -0.2) is 23.1 Å². The van der Waals surface area contributed by atoms with E-state index in [1.165, 1.54) is 42.6 Å². The molecule has 1 aliphatic rings. The molecule has 0 bridgehead atoms. The van der Waals surface area contributed by atoms with Gasteiger partial charge in [0.25, 0.3) is 0 Å². The summed E-state index contributed by atoms with van der Waals surface area (Å²) >= 11 is 0. The molecule has 1 N–H and O–H groups in total. The molecule has 0 aromatic heterocycles. The van der Waals surface area contributed by atoms with Gasteiger partial charge in [0.2, 0.25) is 0 Å². The summed E-state index contributed by atoms with van der Waals surface area (Å²) in [5.41, 5.74) is 5.99. The predicted molar refractivity (Wildman–Crippen MR) is 117 cm³/mol. The molecule has 0 amide bonds. The first kappa shape index (κ1) is 19.5. The average Bonchev–Trinajstić information content (AvgIpc) is 3.24. The summed E-state index contributed by atoms with van der Waals surface area (Å²) in [4.78, 5) is 2.53. The van der Waals surface area contributed by atoms with Crippen LogP contribution in [0.2, 0.25) is 0 Å². The maximum atomic E-state index is 10.5. The fourth-order valence-electron chi connectivity index (χ4n) is 3.97. The van der Waals surface area contributed by atoms with Crippen molar-refractivity contribution >= 4 is 0 Å². The maximum Gasteiger partial charge on any atom is 0.123 e. The van der Waals surface area contributed by atoms with Gasteiger partial charge in [-0.05, 0) is 66.7 Å². The zero-order valence-electron chi connectivity index (χ0n) is 17.1. The Morgan fingerprint density at radius 3 is 2.34 bits per heavy atom. The first-order valence-corrected chi connectivity index (χ1v) is 10.5. The molecule has 4 rings (SSSR count). The van der Waals surface area contributed by atoms with E-state index in [1.54, 1.807) is 6.07 Å². The third-order valence-electron chi connectivity index (χ3n) is 5.70. The highest BCUT2D eigenvalue weighted by atomic mass is 16.5. The van der Waals surface area contributed by atoms with Crippen molar-refractivity contribution in [3.8, 4) is 11.5 Å². The van der Waals surface area contributed by atoms with Gasteiger partial charge >= 0.3 is 0 Å². The first-order valence-electron chi connectivity index (χ1n) is 10.5. The van der Waals surface area contributed by atoms with Crippen molar-refractivity contribution in [1.29, 1.82) is 0 Å². The quantitative estimate of drug-likeness (QED) is 0.584. The molecule has 1 saturated heterocycles. The molecule has 3 aromatic rings. The minimum atomic E-state index is 0.286. The molecular formula is C26H29NO2. The maximum absolute atomic E-state index is 10.5. The van der Waals surface area contributed by atoms with Gasteiger partial charge in [-0.2, -0.15) is 0 Å². The number of phenolic OH excluding ortho intramolecular Hbond substituents is 1. The SMILES string of the molecule is Cc1cc(Cc2ccc(OCc3ccccc3)cc2O)ccc1CN1CCCC1. The van der Waals surface area contributed by atoms with Gasteiger partial charge in [0.05, 0.1) is 0 Å². The van der Waals surface area contributed by atoms with Crippen LogP contribution in [0.5, 0.6) is 11.5 Å². The van der Waals surface area contributed by atoms with E-state index >= 15 is 0 Å². The number of aromatic hydroxyl groups is 1. The van der Waals surface area contributed by atoms with Crippen LogP contribution in [0.15, 0.2) is 66.7 Å². The number of nitrogens with zero attached hydrogens (tertiary/aromatic N) is 1. The largest absolute Gasteiger partial charge is 0.508 e. The number of hydrogen-bond acceptors (Lipinski definition) is 3. The second-order valence-electron chi connectivity index (χ2n) is 7.99. The van der Waals surface area contributed by atoms with Crippen molar-refractivity contribution in [3.05, 3.63) is 94.5 Å². The molecule has 0 saturated carbocycles. The number of likely N-dealkylation sites (tertiary alicyclic amines) is 1. The number of rotatable bonds is 7. The van der Waals surface area contributed by atoms with Crippen molar-refractivity contribution in [2.24, 2.45) is 0 Å². The molecule has 1 fully saturated rings. The van der Waals surface area contributed by atoms with Crippen LogP contribution in [0.25, 0.3) is 0 Å². The molecule has 0 unspecified atom stereocenters. The lowest BCUT2D eigenvalue weighted by atomic mass is 9.99. The lowest BCUT2D eigenvalue weighted by Crippen LogP contribution is -2.18. The summed E-state index contributed by atoms with van der Waals surface area (Å²) in [6.07, 6.45) is 3.36. The zero-order chi connectivity index (χ0) is 20.1. The van der Waals surface area contributed by atoms with E-state index in [1.807, 2.05) is 42.5 Å². The molecule has 29 heavy (non-hydrogen) atoms. The third-order valence-corrected chi connectivity index (χ3v) is 5.70. The lowest BCUT2D eigenvalue weighted by molar-refractivity contribution is 0.304. The van der Waals surface area contributed by atoms with Gasteiger partial charge in [0, 0.05) is 19.0 Å². The van der Waals surface area contributed by atoms with Crippen molar-refractivity contribution in [1.82, 2.24) is 4.90 Å². The van der Waals surface area contributed by atoms with E-state index in [2.05, 4.69) is 30.0 Å². The minimum absolute atomic E-state index is 0.286. The Hall–Kier alpha value is -2.78. The number of phenols is 1. The first-order chi connectivity index (χ1) is 14.2. The van der Waals surface area contributed by atoms with Crippen LogP contribution in [0.1, 0.15) is 40.7 Å². The molecular weight excluding hydrogens is 358 g/mol. The molecule has 0 spiro atoms. The highest BCUT2D eigenvalue weighted by Gasteiger charge is 2.13. The lowest BCUT2D eigenvalue weighted by Gasteiger charge is -2.17. The molecule has 0 radical (unpaired) electrons. The predicted octanol–water partition coefficient (Wildman–Crippen LogP) is 5.47. The van der Waals surface area contributed by atoms with Crippen LogP contribution in [-0.2, 0) is 19.6 Å². The molecule has 1 aliphatic heterocycles. The summed E-state index contributed by atoms with van der Waals surface area (Å²) in [5.74, 6) is 0.974. The second-order valence-corrected chi connectivity index (χ2v) is 7.99. The van der Waals surface area contributed by atoms with E-state index in [0.29, 0.717) is 12.4 Å². The summed E-state index contributed by atoms with van der Waals surface area (Å²) in [6.45, 7) is 6.17. The van der Waals surface area contributed by atoms with E-state index in [0.717, 1.165) is 24.1 Å². The van der Waals surface area contributed by atoms with Gasteiger partial charge in [0.1, 0.15) is 18.1 Å². The van der Waals surface area contributed by atoms with Crippen LogP contribution in [0.4, 0.5) is 0 Å². The second kappa shape index (κ2) is 9.15. The molecule has 3 nitrogen and oxygen atoms in total. The van der Waals surface area contributed by atoms with Crippen molar-refractivity contribution < 1.29 is 9.84 Å². The highest BCUT2D eigenvalue weighted by Crippen LogP contribution is 2.27. The highest BCUT2D eigenvalue weighted by molar-refractivity contribution is 5.43. The van der Waals surface area contributed by atoms with E-state index < -0.39 is 0 Å². The zero-order valence-corrected chi connectivity index (χ0v) is 17.1. The Labute approximate surface area is 173 Å². The van der Waals surface area contributed by atoms with Gasteiger partial charge < -0.3 is 9.84 Å². The topological polar surface area (TPSA) is 32.7 Å². The van der Waals surface area contributed by atoms with Gasteiger partial charge in [0.15, 0.2) is 0 Å². The van der Waals surface area contributed by atoms with Crippen LogP contribution in [0, 0.1) is 6.92 Å². The molecule has 3 heteroatoms. The van der Waals surface area contributed by atoms with Crippen molar-refractivity contribution in [2.75, 3.05) is 13.1 Å². The smallest absolute Gasteiger partial charge is 0.123 e. The Bertz CT molecular complexity index is 946. The summed E-state index contributed by atoms with van der Waals surface area (Å²) < 4.78 is 5.81. The van der Waals surface area contributed by atoms with Crippen LogP contribution >= 0.6 is 0 Å².